The standard InChI is InChI=1S/C26H23ClF4N4O5S/c1-13(2)34-41(37,38)16-8-5-7-15(11-16)35-24(26(29,30)31)17(12-32-35)23-21(25(36)39-14(3)4)22(33-40-23)20-18(27)9-6-10-19(20)28/h5-14,34H,1-4H3. The quantitative estimate of drug-likeness (QED) is 0.184. The summed E-state index contributed by atoms with van der Waals surface area (Å²) in [5.74, 6) is -2.75. The lowest BCUT2D eigenvalue weighted by Crippen LogP contribution is -2.30. The summed E-state index contributed by atoms with van der Waals surface area (Å²) in [5.41, 5.74) is -3.84. The Hall–Kier alpha value is -3.75. The van der Waals surface area contributed by atoms with Crippen LogP contribution in [0.1, 0.15) is 43.7 Å². The Labute approximate surface area is 237 Å². The van der Waals surface area contributed by atoms with Gasteiger partial charge in [0.05, 0.1) is 39.0 Å². The summed E-state index contributed by atoms with van der Waals surface area (Å²) in [5, 5.41) is 7.36. The molecule has 0 atom stereocenters. The first-order valence-corrected chi connectivity index (χ1v) is 13.9. The van der Waals surface area contributed by atoms with Crippen LogP contribution in [0.2, 0.25) is 5.02 Å². The highest BCUT2D eigenvalue weighted by Crippen LogP contribution is 2.43. The Bertz CT molecular complexity index is 1690. The highest BCUT2D eigenvalue weighted by atomic mass is 35.5. The number of nitrogens with one attached hydrogen (secondary N) is 1. The Kier molecular flexibility index (Phi) is 8.30. The predicted molar refractivity (Wildman–Crippen MR) is 140 cm³/mol. The fraction of sp³-hybridized carbons (Fsp3) is 0.269. The molecule has 0 bridgehead atoms. The van der Waals surface area contributed by atoms with Crippen LogP contribution in [-0.4, -0.2) is 41.5 Å². The fourth-order valence-corrected chi connectivity index (χ4v) is 5.52. The van der Waals surface area contributed by atoms with Crippen molar-refractivity contribution in [3.63, 3.8) is 0 Å². The summed E-state index contributed by atoms with van der Waals surface area (Å²) in [6, 6.07) is 7.86. The first-order chi connectivity index (χ1) is 19.1. The summed E-state index contributed by atoms with van der Waals surface area (Å²) in [6.45, 7) is 6.19. The van der Waals surface area contributed by atoms with Gasteiger partial charge in [-0.1, -0.05) is 28.9 Å². The number of alkyl halides is 3. The minimum absolute atomic E-state index is 0.178. The molecule has 0 radical (unpaired) electrons. The van der Waals surface area contributed by atoms with Crippen molar-refractivity contribution in [2.24, 2.45) is 0 Å². The van der Waals surface area contributed by atoms with E-state index in [1.54, 1.807) is 13.8 Å². The van der Waals surface area contributed by atoms with Crippen molar-refractivity contribution in [3.8, 4) is 28.3 Å². The Morgan fingerprint density at radius 3 is 2.41 bits per heavy atom. The normalized spacial score (nSPS) is 12.4. The van der Waals surface area contributed by atoms with Gasteiger partial charge in [-0.25, -0.2) is 27.0 Å². The van der Waals surface area contributed by atoms with E-state index in [9.17, 15) is 30.8 Å². The summed E-state index contributed by atoms with van der Waals surface area (Å²) in [7, 11) is -4.06. The topological polar surface area (TPSA) is 116 Å². The summed E-state index contributed by atoms with van der Waals surface area (Å²) in [6.07, 6.45) is -5.03. The molecule has 218 valence electrons. The number of aromatic nitrogens is 3. The molecule has 2 heterocycles. The second-order valence-corrected chi connectivity index (χ2v) is 11.5. The third-order valence-corrected chi connectivity index (χ3v) is 7.46. The molecule has 0 saturated heterocycles. The highest BCUT2D eigenvalue weighted by molar-refractivity contribution is 7.89. The Morgan fingerprint density at radius 2 is 1.80 bits per heavy atom. The molecular formula is C26H23ClF4N4O5S. The van der Waals surface area contributed by atoms with Crippen LogP contribution in [0.25, 0.3) is 28.3 Å². The smallest absolute Gasteiger partial charge is 0.434 e. The molecule has 0 saturated carbocycles. The first kappa shape index (κ1) is 30.2. The number of benzene rings is 2. The fourth-order valence-electron chi connectivity index (χ4n) is 3.97. The van der Waals surface area contributed by atoms with E-state index in [0.29, 0.717) is 4.68 Å². The van der Waals surface area contributed by atoms with Crippen molar-refractivity contribution in [3.05, 3.63) is 70.8 Å². The van der Waals surface area contributed by atoms with Crippen LogP contribution in [-0.2, 0) is 20.9 Å². The van der Waals surface area contributed by atoms with Crippen molar-refractivity contribution in [2.45, 2.75) is 50.9 Å². The number of halogens is 5. The van der Waals surface area contributed by atoms with E-state index in [-0.39, 0.29) is 21.2 Å². The van der Waals surface area contributed by atoms with Gasteiger partial charge in [0.15, 0.2) is 11.5 Å². The lowest BCUT2D eigenvalue weighted by atomic mass is 10.0. The van der Waals surface area contributed by atoms with Gasteiger partial charge >= 0.3 is 12.1 Å². The molecule has 0 amide bonds. The number of esters is 1. The summed E-state index contributed by atoms with van der Waals surface area (Å²) in [4.78, 5) is 12.8. The van der Waals surface area contributed by atoms with Gasteiger partial charge < -0.3 is 9.26 Å². The molecule has 1 N–H and O–H groups in total. The zero-order valence-corrected chi connectivity index (χ0v) is 23.5. The summed E-state index contributed by atoms with van der Waals surface area (Å²) >= 11 is 6.15. The van der Waals surface area contributed by atoms with Gasteiger partial charge in [0, 0.05) is 6.04 Å². The van der Waals surface area contributed by atoms with Gasteiger partial charge in [0.1, 0.15) is 17.1 Å². The average molecular weight is 615 g/mol. The largest absolute Gasteiger partial charge is 0.459 e. The minimum Gasteiger partial charge on any atom is -0.459 e. The Balaban J connectivity index is 1.97. The van der Waals surface area contributed by atoms with Gasteiger partial charge in [-0.15, -0.1) is 0 Å². The van der Waals surface area contributed by atoms with Crippen LogP contribution >= 0.6 is 11.6 Å². The molecule has 2 aromatic heterocycles. The lowest BCUT2D eigenvalue weighted by Gasteiger charge is -2.14. The molecule has 0 spiro atoms. The first-order valence-electron chi connectivity index (χ1n) is 12.0. The van der Waals surface area contributed by atoms with E-state index in [4.69, 9.17) is 20.9 Å². The maximum Gasteiger partial charge on any atom is 0.434 e. The molecule has 0 aliphatic rings. The van der Waals surface area contributed by atoms with Gasteiger partial charge in [-0.2, -0.15) is 18.3 Å². The van der Waals surface area contributed by atoms with Crippen molar-refractivity contribution in [2.75, 3.05) is 0 Å². The van der Waals surface area contributed by atoms with E-state index in [1.807, 2.05) is 0 Å². The van der Waals surface area contributed by atoms with Crippen LogP contribution in [0.5, 0.6) is 0 Å². The van der Waals surface area contributed by atoms with Crippen LogP contribution in [0.15, 0.2) is 58.1 Å². The van der Waals surface area contributed by atoms with E-state index in [1.165, 1.54) is 44.2 Å². The van der Waals surface area contributed by atoms with Crippen LogP contribution in [0.4, 0.5) is 17.6 Å². The van der Waals surface area contributed by atoms with Gasteiger partial charge in [0.25, 0.3) is 0 Å². The lowest BCUT2D eigenvalue weighted by molar-refractivity contribution is -0.142. The third-order valence-electron chi connectivity index (χ3n) is 5.48. The number of hydrogen-bond donors (Lipinski definition) is 1. The number of rotatable bonds is 8. The SMILES string of the molecule is CC(C)NS(=O)(=O)c1cccc(-n2ncc(-c3onc(-c4c(F)cccc4Cl)c3C(=O)OC(C)C)c2C(F)(F)F)c1. The highest BCUT2D eigenvalue weighted by Gasteiger charge is 2.42. The van der Waals surface area contributed by atoms with Crippen LogP contribution in [0.3, 0.4) is 0 Å². The molecule has 15 heteroatoms. The number of carbonyl (C=O) groups is 1. The van der Waals surface area contributed by atoms with Gasteiger partial charge in [-0.05, 0) is 58.0 Å². The number of nitrogens with zero attached hydrogens (tertiary/aromatic N) is 3. The summed E-state index contributed by atoms with van der Waals surface area (Å²) < 4.78 is 97.1. The zero-order valence-electron chi connectivity index (χ0n) is 22.0. The number of hydrogen-bond acceptors (Lipinski definition) is 7. The maximum atomic E-state index is 14.8. The van der Waals surface area contributed by atoms with Crippen molar-refractivity contribution >= 4 is 27.6 Å². The zero-order chi connectivity index (χ0) is 30.3. The minimum atomic E-state index is -5.10. The molecule has 4 aromatic rings. The van der Waals surface area contributed by atoms with Crippen molar-refractivity contribution < 1.29 is 40.0 Å². The van der Waals surface area contributed by atoms with Crippen molar-refractivity contribution in [1.29, 1.82) is 0 Å². The van der Waals surface area contributed by atoms with Gasteiger partial charge in [0.2, 0.25) is 10.0 Å². The molecule has 0 aliphatic heterocycles. The van der Waals surface area contributed by atoms with E-state index in [0.717, 1.165) is 18.3 Å². The molecule has 0 unspecified atom stereocenters. The van der Waals surface area contributed by atoms with Gasteiger partial charge in [-0.3, -0.25) is 0 Å². The number of carbonyl (C=O) groups excluding carboxylic acids is 1. The third kappa shape index (κ3) is 6.14. The molecule has 41 heavy (non-hydrogen) atoms. The molecule has 0 aliphatic carbocycles. The second kappa shape index (κ2) is 11.3. The molecule has 9 nitrogen and oxygen atoms in total. The Morgan fingerprint density at radius 1 is 1.12 bits per heavy atom. The molecular weight excluding hydrogens is 592 g/mol. The molecule has 0 fully saturated rings. The van der Waals surface area contributed by atoms with E-state index >= 15 is 0 Å². The average Bonchev–Trinajstić information content (AvgIpc) is 3.48. The van der Waals surface area contributed by atoms with Crippen LogP contribution < -0.4 is 4.72 Å². The van der Waals surface area contributed by atoms with E-state index < -0.39 is 68.4 Å². The second-order valence-electron chi connectivity index (χ2n) is 9.38. The van der Waals surface area contributed by atoms with Crippen LogP contribution in [0, 0.1) is 5.82 Å². The van der Waals surface area contributed by atoms with Crippen molar-refractivity contribution in [1.82, 2.24) is 19.7 Å². The predicted octanol–water partition coefficient (Wildman–Crippen LogP) is 6.26. The van der Waals surface area contributed by atoms with E-state index in [2.05, 4.69) is 15.0 Å². The number of ether oxygens (including phenoxy) is 1. The maximum absolute atomic E-state index is 14.8. The molecule has 2 aromatic carbocycles. The number of sulfonamides is 1. The monoisotopic (exact) mass is 614 g/mol. The molecule has 4 rings (SSSR count).